The number of methoxy groups -OCH3 is 1. The van der Waals surface area contributed by atoms with Gasteiger partial charge in [0, 0.05) is 13.7 Å². The van der Waals surface area contributed by atoms with Crippen LogP contribution in [0, 0.1) is 0 Å². The Balaban J connectivity index is 2.27. The zero-order chi connectivity index (χ0) is 11.1. The van der Waals surface area contributed by atoms with Gasteiger partial charge >= 0.3 is 0 Å². The molecule has 7 heteroatoms. The molecule has 1 atom stereocenters. The fraction of sp³-hybridized carbons (Fsp3) is 0.625. The molecule has 84 valence electrons. The maximum absolute atomic E-state index is 11.5. The molecule has 15 heavy (non-hydrogen) atoms. The number of carbonyl (C=O) groups excluding carboxylic acids is 1. The molecule has 1 N–H and O–H groups in total. The summed E-state index contributed by atoms with van der Waals surface area (Å²) in [6.45, 7) is 2.91. The molecular weight excluding hydrogens is 234 g/mol. The van der Waals surface area contributed by atoms with E-state index >= 15 is 0 Å². The van der Waals surface area contributed by atoms with Crippen LogP contribution in [0.5, 0.6) is 0 Å². The van der Waals surface area contributed by atoms with E-state index < -0.39 is 0 Å². The summed E-state index contributed by atoms with van der Waals surface area (Å²) in [5.41, 5.74) is 1.65. The molecule has 0 bridgehead atoms. The van der Waals surface area contributed by atoms with Gasteiger partial charge in [-0.15, -0.1) is 10.2 Å². The van der Waals surface area contributed by atoms with E-state index in [1.54, 1.807) is 12.6 Å². The van der Waals surface area contributed by atoms with Crippen molar-refractivity contribution in [3.05, 3.63) is 5.51 Å². The Morgan fingerprint density at radius 1 is 1.80 bits per heavy atom. The van der Waals surface area contributed by atoms with Crippen LogP contribution in [0.15, 0.2) is 9.85 Å². The van der Waals surface area contributed by atoms with Gasteiger partial charge in [0.1, 0.15) is 5.51 Å². The molecular formula is C8H13N3O2S2. The second-order valence-corrected chi connectivity index (χ2v) is 5.17. The van der Waals surface area contributed by atoms with Gasteiger partial charge in [-0.1, -0.05) is 23.1 Å². The Morgan fingerprint density at radius 2 is 2.60 bits per heavy atom. The van der Waals surface area contributed by atoms with Crippen LogP contribution in [-0.4, -0.2) is 41.6 Å². The quantitative estimate of drug-likeness (QED) is 0.594. The van der Waals surface area contributed by atoms with Crippen LogP contribution < -0.4 is 5.32 Å². The summed E-state index contributed by atoms with van der Waals surface area (Å²) in [4.78, 5) is 11.5. The van der Waals surface area contributed by atoms with Crippen molar-refractivity contribution in [2.24, 2.45) is 0 Å². The third-order valence-electron chi connectivity index (χ3n) is 1.59. The average molecular weight is 247 g/mol. The lowest BCUT2D eigenvalue weighted by Gasteiger charge is -2.09. The fourth-order valence-corrected chi connectivity index (χ4v) is 2.49. The predicted molar refractivity (Wildman–Crippen MR) is 60.1 cm³/mol. The highest BCUT2D eigenvalue weighted by Gasteiger charge is 2.15. The SMILES string of the molecule is COCCNC(=O)[C@@H](C)Sc1nncs1. The zero-order valence-electron chi connectivity index (χ0n) is 8.60. The van der Waals surface area contributed by atoms with Crippen molar-refractivity contribution in [3.63, 3.8) is 0 Å². The number of ether oxygens (including phenoxy) is 1. The summed E-state index contributed by atoms with van der Waals surface area (Å²) >= 11 is 2.84. The smallest absolute Gasteiger partial charge is 0.233 e. The van der Waals surface area contributed by atoms with Crippen molar-refractivity contribution >= 4 is 29.0 Å². The second kappa shape index (κ2) is 6.76. The number of aromatic nitrogens is 2. The van der Waals surface area contributed by atoms with Gasteiger partial charge in [0.25, 0.3) is 0 Å². The fourth-order valence-electron chi connectivity index (χ4n) is 0.839. The van der Waals surface area contributed by atoms with Crippen molar-refractivity contribution in [3.8, 4) is 0 Å². The minimum atomic E-state index is -0.158. The predicted octanol–water partition coefficient (Wildman–Crippen LogP) is 0.781. The molecule has 1 heterocycles. The van der Waals surface area contributed by atoms with Gasteiger partial charge in [-0.05, 0) is 6.92 Å². The van der Waals surface area contributed by atoms with Crippen LogP contribution in [0.25, 0.3) is 0 Å². The minimum Gasteiger partial charge on any atom is -0.383 e. The maximum Gasteiger partial charge on any atom is 0.233 e. The molecule has 0 aliphatic carbocycles. The van der Waals surface area contributed by atoms with Crippen LogP contribution in [-0.2, 0) is 9.53 Å². The summed E-state index contributed by atoms with van der Waals surface area (Å²) in [6, 6.07) is 0. The normalized spacial score (nSPS) is 12.4. The van der Waals surface area contributed by atoms with Crippen molar-refractivity contribution in [1.82, 2.24) is 15.5 Å². The van der Waals surface area contributed by atoms with Crippen LogP contribution in [0.1, 0.15) is 6.92 Å². The molecule has 0 saturated carbocycles. The summed E-state index contributed by atoms with van der Waals surface area (Å²) in [5, 5.41) is 10.2. The highest BCUT2D eigenvalue weighted by Crippen LogP contribution is 2.23. The van der Waals surface area contributed by atoms with Crippen molar-refractivity contribution < 1.29 is 9.53 Å². The van der Waals surface area contributed by atoms with Gasteiger partial charge in [0.2, 0.25) is 5.91 Å². The minimum absolute atomic E-state index is 0.00718. The number of hydrogen-bond donors (Lipinski definition) is 1. The maximum atomic E-state index is 11.5. The monoisotopic (exact) mass is 247 g/mol. The number of carbonyl (C=O) groups is 1. The van der Waals surface area contributed by atoms with E-state index in [0.29, 0.717) is 13.2 Å². The number of rotatable bonds is 6. The Labute approximate surface area is 96.6 Å². The van der Waals surface area contributed by atoms with Crippen LogP contribution >= 0.6 is 23.1 Å². The zero-order valence-corrected chi connectivity index (χ0v) is 10.2. The Morgan fingerprint density at radius 3 is 3.20 bits per heavy atom. The summed E-state index contributed by atoms with van der Waals surface area (Å²) in [7, 11) is 1.60. The number of nitrogens with one attached hydrogen (secondary N) is 1. The first-order valence-electron chi connectivity index (χ1n) is 4.43. The molecule has 0 unspecified atom stereocenters. The van der Waals surface area contributed by atoms with Gasteiger partial charge < -0.3 is 10.1 Å². The first kappa shape index (κ1) is 12.4. The molecule has 1 amide bonds. The molecule has 0 fully saturated rings. The molecule has 1 aromatic heterocycles. The van der Waals surface area contributed by atoms with Crippen LogP contribution in [0.2, 0.25) is 0 Å². The van der Waals surface area contributed by atoms with Crippen LogP contribution in [0.3, 0.4) is 0 Å². The first-order valence-corrected chi connectivity index (χ1v) is 6.19. The molecule has 5 nitrogen and oxygen atoms in total. The number of hydrogen-bond acceptors (Lipinski definition) is 6. The molecule has 1 aromatic rings. The van der Waals surface area contributed by atoms with E-state index in [2.05, 4.69) is 15.5 Å². The van der Waals surface area contributed by atoms with E-state index in [1.165, 1.54) is 23.1 Å². The van der Waals surface area contributed by atoms with Crippen molar-refractivity contribution in [2.75, 3.05) is 20.3 Å². The first-order chi connectivity index (χ1) is 7.24. The second-order valence-electron chi connectivity index (χ2n) is 2.75. The molecule has 0 saturated heterocycles. The van der Waals surface area contributed by atoms with Crippen molar-refractivity contribution in [2.45, 2.75) is 16.5 Å². The Hall–Kier alpha value is -0.660. The highest BCUT2D eigenvalue weighted by molar-refractivity contribution is 8.02. The number of amides is 1. The summed E-state index contributed by atoms with van der Waals surface area (Å²) in [5.74, 6) is -0.00718. The van der Waals surface area contributed by atoms with Gasteiger partial charge in [0.05, 0.1) is 11.9 Å². The van der Waals surface area contributed by atoms with E-state index in [9.17, 15) is 4.79 Å². The third kappa shape index (κ3) is 4.59. The van der Waals surface area contributed by atoms with Gasteiger partial charge in [-0.2, -0.15) is 0 Å². The van der Waals surface area contributed by atoms with Crippen molar-refractivity contribution in [1.29, 1.82) is 0 Å². The molecule has 0 aromatic carbocycles. The summed E-state index contributed by atoms with van der Waals surface area (Å²) in [6.07, 6.45) is 0. The van der Waals surface area contributed by atoms with Gasteiger partial charge in [0.15, 0.2) is 4.34 Å². The highest BCUT2D eigenvalue weighted by atomic mass is 32.2. The molecule has 0 aliphatic heterocycles. The molecule has 0 spiro atoms. The lowest BCUT2D eigenvalue weighted by atomic mass is 10.4. The largest absolute Gasteiger partial charge is 0.383 e. The Bertz CT molecular complexity index is 292. The molecule has 1 rings (SSSR count). The number of thioether (sulfide) groups is 1. The standard InChI is InChI=1S/C8H13N3O2S2/c1-6(7(12)9-3-4-13-2)15-8-11-10-5-14-8/h5-6H,3-4H2,1-2H3,(H,9,12)/t6-/m1/s1. The van der Waals surface area contributed by atoms with E-state index in [1.807, 2.05) is 6.92 Å². The topological polar surface area (TPSA) is 64.1 Å². The van der Waals surface area contributed by atoms with Crippen LogP contribution in [0.4, 0.5) is 0 Å². The van der Waals surface area contributed by atoms with Gasteiger partial charge in [-0.3, -0.25) is 4.79 Å². The third-order valence-corrected chi connectivity index (χ3v) is 3.50. The molecule has 0 radical (unpaired) electrons. The number of nitrogens with zero attached hydrogens (tertiary/aromatic N) is 2. The lowest BCUT2D eigenvalue weighted by molar-refractivity contribution is -0.120. The summed E-state index contributed by atoms with van der Waals surface area (Å²) < 4.78 is 5.65. The van der Waals surface area contributed by atoms with E-state index in [-0.39, 0.29) is 11.2 Å². The van der Waals surface area contributed by atoms with E-state index in [0.717, 1.165) is 4.34 Å². The van der Waals surface area contributed by atoms with E-state index in [4.69, 9.17) is 4.74 Å². The average Bonchev–Trinajstić information content (AvgIpc) is 2.70. The van der Waals surface area contributed by atoms with Gasteiger partial charge in [-0.25, -0.2) is 0 Å². The Kier molecular flexibility index (Phi) is 5.59. The molecule has 0 aliphatic rings. The lowest BCUT2D eigenvalue weighted by Crippen LogP contribution is -2.33.